The van der Waals surface area contributed by atoms with Crippen LogP contribution in [0.2, 0.25) is 0 Å². The first kappa shape index (κ1) is 15.2. The smallest absolute Gasteiger partial charge is 0.200 e. The van der Waals surface area contributed by atoms with E-state index in [4.69, 9.17) is 5.11 Å². The van der Waals surface area contributed by atoms with Crippen LogP contribution in [0, 0.1) is 35.0 Å². The van der Waals surface area contributed by atoms with Gasteiger partial charge >= 0.3 is 0 Å². The van der Waals surface area contributed by atoms with E-state index in [2.05, 4.69) is 0 Å². The van der Waals surface area contributed by atoms with Gasteiger partial charge in [0.2, 0.25) is 5.82 Å². The molecule has 0 aliphatic carbocycles. The lowest BCUT2D eigenvalue weighted by Gasteiger charge is -2.17. The molecule has 0 radical (unpaired) electrons. The number of nitrogens with zero attached hydrogens (tertiary/aromatic N) is 1. The number of aliphatic hydroxyl groups is 1. The summed E-state index contributed by atoms with van der Waals surface area (Å²) in [5.41, 5.74) is -0.800. The average Bonchev–Trinajstić information content (AvgIpc) is 2.87. The molecule has 1 aromatic rings. The van der Waals surface area contributed by atoms with Crippen LogP contribution in [0.3, 0.4) is 0 Å². The molecule has 1 saturated heterocycles. The van der Waals surface area contributed by atoms with Crippen molar-refractivity contribution in [3.63, 3.8) is 0 Å². The van der Waals surface area contributed by atoms with Crippen molar-refractivity contribution >= 4 is 0 Å². The molecule has 1 aliphatic rings. The van der Waals surface area contributed by atoms with Crippen LogP contribution in [0.5, 0.6) is 0 Å². The third-order valence-electron chi connectivity index (χ3n) is 3.59. The van der Waals surface area contributed by atoms with Crippen molar-refractivity contribution in [1.82, 2.24) is 4.90 Å². The largest absolute Gasteiger partial charge is 0.396 e. The maximum Gasteiger partial charge on any atom is 0.200 e. The predicted octanol–water partition coefficient (Wildman–Crippen LogP) is 2.59. The first-order valence-corrected chi connectivity index (χ1v) is 6.29. The summed E-state index contributed by atoms with van der Waals surface area (Å²) >= 11 is 0. The number of hydrogen-bond acceptors (Lipinski definition) is 2. The summed E-state index contributed by atoms with van der Waals surface area (Å²) in [7, 11) is 0. The summed E-state index contributed by atoms with van der Waals surface area (Å²) in [5.74, 6) is -9.32. The van der Waals surface area contributed by atoms with Gasteiger partial charge in [-0.1, -0.05) is 0 Å². The van der Waals surface area contributed by atoms with Gasteiger partial charge in [-0.2, -0.15) is 0 Å². The fourth-order valence-corrected chi connectivity index (χ4v) is 2.49. The highest BCUT2D eigenvalue weighted by atomic mass is 19.2. The van der Waals surface area contributed by atoms with Crippen molar-refractivity contribution in [1.29, 1.82) is 0 Å². The van der Waals surface area contributed by atoms with Gasteiger partial charge in [0.05, 0.1) is 0 Å². The molecule has 1 heterocycles. The molecular formula is C13H14F5NO. The van der Waals surface area contributed by atoms with E-state index in [1.165, 1.54) is 0 Å². The average molecular weight is 295 g/mol. The van der Waals surface area contributed by atoms with Crippen molar-refractivity contribution in [3.05, 3.63) is 34.6 Å². The van der Waals surface area contributed by atoms with Gasteiger partial charge in [0.15, 0.2) is 23.3 Å². The molecule has 1 atom stereocenters. The predicted molar refractivity (Wildman–Crippen MR) is 61.3 cm³/mol. The van der Waals surface area contributed by atoms with Crippen molar-refractivity contribution < 1.29 is 27.1 Å². The highest BCUT2D eigenvalue weighted by Crippen LogP contribution is 2.27. The third kappa shape index (κ3) is 2.78. The topological polar surface area (TPSA) is 23.5 Å². The molecular weight excluding hydrogens is 281 g/mol. The lowest BCUT2D eigenvalue weighted by atomic mass is 10.1. The van der Waals surface area contributed by atoms with Crippen LogP contribution in [0.1, 0.15) is 18.4 Å². The lowest BCUT2D eigenvalue weighted by molar-refractivity contribution is 0.246. The lowest BCUT2D eigenvalue weighted by Crippen LogP contribution is -2.23. The van der Waals surface area contributed by atoms with E-state index < -0.39 is 34.6 Å². The zero-order valence-electron chi connectivity index (χ0n) is 10.6. The van der Waals surface area contributed by atoms with E-state index in [0.717, 1.165) is 6.42 Å². The van der Waals surface area contributed by atoms with Crippen molar-refractivity contribution in [2.24, 2.45) is 5.92 Å². The third-order valence-corrected chi connectivity index (χ3v) is 3.59. The quantitative estimate of drug-likeness (QED) is 0.524. The molecule has 0 amide bonds. The maximum absolute atomic E-state index is 13.5. The second-order valence-electron chi connectivity index (χ2n) is 4.95. The molecule has 1 N–H and O–H groups in total. The van der Waals surface area contributed by atoms with Crippen LogP contribution in [0.25, 0.3) is 0 Å². The van der Waals surface area contributed by atoms with E-state index in [0.29, 0.717) is 19.5 Å². The van der Waals surface area contributed by atoms with E-state index in [9.17, 15) is 22.0 Å². The van der Waals surface area contributed by atoms with Crippen molar-refractivity contribution in [2.45, 2.75) is 19.4 Å². The Morgan fingerprint density at radius 3 is 2.05 bits per heavy atom. The van der Waals surface area contributed by atoms with Crippen molar-refractivity contribution in [3.8, 4) is 0 Å². The second-order valence-corrected chi connectivity index (χ2v) is 4.95. The zero-order valence-corrected chi connectivity index (χ0v) is 10.6. The van der Waals surface area contributed by atoms with Crippen molar-refractivity contribution in [2.75, 3.05) is 19.7 Å². The molecule has 7 heteroatoms. The van der Waals surface area contributed by atoms with Gasteiger partial charge in [-0.25, -0.2) is 22.0 Å². The van der Waals surface area contributed by atoms with E-state index in [1.54, 1.807) is 4.90 Å². The molecule has 112 valence electrons. The zero-order chi connectivity index (χ0) is 14.9. The summed E-state index contributed by atoms with van der Waals surface area (Å²) < 4.78 is 66.1. The maximum atomic E-state index is 13.5. The Hall–Kier alpha value is -1.21. The van der Waals surface area contributed by atoms with Gasteiger partial charge in [-0.15, -0.1) is 0 Å². The van der Waals surface area contributed by atoms with Crippen LogP contribution in [0.4, 0.5) is 22.0 Å². The molecule has 2 rings (SSSR count). The molecule has 1 aromatic carbocycles. The Morgan fingerprint density at radius 2 is 1.50 bits per heavy atom. The van der Waals surface area contributed by atoms with E-state index in [-0.39, 0.29) is 19.1 Å². The highest BCUT2D eigenvalue weighted by Gasteiger charge is 2.29. The highest BCUT2D eigenvalue weighted by molar-refractivity contribution is 5.24. The summed E-state index contributed by atoms with van der Waals surface area (Å²) in [4.78, 5) is 1.62. The summed E-state index contributed by atoms with van der Waals surface area (Å²) in [6, 6.07) is 0. The van der Waals surface area contributed by atoms with Gasteiger partial charge in [0, 0.05) is 25.3 Å². The van der Waals surface area contributed by atoms with Gasteiger partial charge in [-0.05, 0) is 25.3 Å². The standard InChI is InChI=1S/C13H14F5NO/c14-9-8(10(15)12(17)13(18)11(9)16)6-19-3-1-7(5-19)2-4-20/h7,20H,1-6H2. The first-order valence-electron chi connectivity index (χ1n) is 6.29. The normalized spacial score (nSPS) is 19.8. The van der Waals surface area contributed by atoms with Gasteiger partial charge in [0.1, 0.15) is 0 Å². The number of benzene rings is 1. The Morgan fingerprint density at radius 1 is 0.950 bits per heavy atom. The summed E-state index contributed by atoms with van der Waals surface area (Å²) in [5, 5.41) is 8.81. The number of hydrogen-bond donors (Lipinski definition) is 1. The molecule has 2 nitrogen and oxygen atoms in total. The molecule has 0 aromatic heterocycles. The second kappa shape index (κ2) is 6.05. The van der Waals surface area contributed by atoms with Crippen LogP contribution in [0.15, 0.2) is 0 Å². The van der Waals surface area contributed by atoms with Gasteiger partial charge in [0.25, 0.3) is 0 Å². The first-order chi connectivity index (χ1) is 9.45. The molecule has 0 spiro atoms. The Bertz CT molecular complexity index is 479. The van der Waals surface area contributed by atoms with E-state index in [1.807, 2.05) is 0 Å². The number of rotatable bonds is 4. The Balaban J connectivity index is 2.19. The molecule has 1 fully saturated rings. The van der Waals surface area contributed by atoms with Gasteiger partial charge in [-0.3, -0.25) is 4.90 Å². The Kier molecular flexibility index (Phi) is 4.59. The molecule has 0 saturated carbocycles. The van der Waals surface area contributed by atoms with Crippen LogP contribution in [-0.4, -0.2) is 29.7 Å². The fraction of sp³-hybridized carbons (Fsp3) is 0.538. The van der Waals surface area contributed by atoms with Crippen LogP contribution < -0.4 is 0 Å². The molecule has 1 aliphatic heterocycles. The van der Waals surface area contributed by atoms with E-state index >= 15 is 0 Å². The summed E-state index contributed by atoms with van der Waals surface area (Å²) in [6.45, 7) is 0.666. The minimum Gasteiger partial charge on any atom is -0.396 e. The minimum atomic E-state index is -2.14. The molecule has 1 unspecified atom stereocenters. The monoisotopic (exact) mass is 295 g/mol. The fourth-order valence-electron chi connectivity index (χ4n) is 2.49. The Labute approximate surface area is 112 Å². The number of likely N-dealkylation sites (tertiary alicyclic amines) is 1. The number of aliphatic hydroxyl groups excluding tert-OH is 1. The SMILES string of the molecule is OCCC1CCN(Cc2c(F)c(F)c(F)c(F)c2F)C1. The molecule has 20 heavy (non-hydrogen) atoms. The van der Waals surface area contributed by atoms with Crippen LogP contribution in [-0.2, 0) is 6.54 Å². The summed E-state index contributed by atoms with van der Waals surface area (Å²) in [6.07, 6.45) is 1.30. The number of halogens is 5. The minimum absolute atomic E-state index is 0.0149. The molecule has 0 bridgehead atoms. The van der Waals surface area contributed by atoms with Crippen LogP contribution >= 0.6 is 0 Å². The van der Waals surface area contributed by atoms with Gasteiger partial charge < -0.3 is 5.11 Å².